The molecule has 1 unspecified atom stereocenters. The van der Waals surface area contributed by atoms with Crippen molar-refractivity contribution in [1.82, 2.24) is 4.98 Å². The van der Waals surface area contributed by atoms with Gasteiger partial charge in [0.1, 0.15) is 17.5 Å². The molecule has 0 bridgehead atoms. The number of H-pyrrole nitrogens is 1. The molecule has 32 heavy (non-hydrogen) atoms. The fourth-order valence-electron chi connectivity index (χ4n) is 4.39. The number of hydrogen-bond acceptors (Lipinski definition) is 3. The fraction of sp³-hybridized carbons (Fsp3) is 0.435. The van der Waals surface area contributed by atoms with Crippen LogP contribution in [0, 0.1) is 12.7 Å². The molecule has 4 rings (SSSR count). The standard InChI is InChI=1S/C23H24F4N4O/c1-12-20(30-18-5-3-2-4-17(18)21(12)32)22(28)31-19-7-6-13(11-29-19)14-8-15(23(25,26)27)10-16(24)9-14/h8-10,13H,2-7,11H2,1H3,(H,30,32)(H2,28,29,31). The molecule has 1 aliphatic heterocycles. The van der Waals surface area contributed by atoms with Gasteiger partial charge in [-0.3, -0.25) is 9.79 Å². The van der Waals surface area contributed by atoms with Gasteiger partial charge in [0.2, 0.25) is 0 Å². The lowest BCUT2D eigenvalue weighted by Crippen LogP contribution is -2.28. The zero-order valence-corrected chi connectivity index (χ0v) is 17.7. The maximum absolute atomic E-state index is 13.7. The Morgan fingerprint density at radius 2 is 1.94 bits per heavy atom. The van der Waals surface area contributed by atoms with Gasteiger partial charge in [0, 0.05) is 35.7 Å². The van der Waals surface area contributed by atoms with Crippen LogP contribution in [0.5, 0.6) is 0 Å². The van der Waals surface area contributed by atoms with Gasteiger partial charge in [-0.15, -0.1) is 0 Å². The third-order valence-corrected chi connectivity index (χ3v) is 6.17. The quantitative estimate of drug-likeness (QED) is 0.406. The van der Waals surface area contributed by atoms with Crippen LogP contribution in [0.2, 0.25) is 0 Å². The molecule has 1 aliphatic carbocycles. The van der Waals surface area contributed by atoms with Gasteiger partial charge in [-0.1, -0.05) is 0 Å². The SMILES string of the molecule is Cc1c(C(N)=NC2=NCC(c3cc(F)cc(C(F)(F)F)c3)CC2)[nH]c2c(c1=O)CCCC2. The van der Waals surface area contributed by atoms with E-state index in [-0.39, 0.29) is 29.3 Å². The summed E-state index contributed by atoms with van der Waals surface area (Å²) in [6.45, 7) is 1.90. The highest BCUT2D eigenvalue weighted by Crippen LogP contribution is 2.34. The summed E-state index contributed by atoms with van der Waals surface area (Å²) in [6, 6.07) is 2.60. The van der Waals surface area contributed by atoms with Crippen molar-refractivity contribution in [1.29, 1.82) is 0 Å². The number of amidine groups is 2. The van der Waals surface area contributed by atoms with Gasteiger partial charge in [0.05, 0.1) is 11.3 Å². The zero-order valence-electron chi connectivity index (χ0n) is 17.7. The van der Waals surface area contributed by atoms with E-state index in [2.05, 4.69) is 15.0 Å². The highest BCUT2D eigenvalue weighted by molar-refractivity contribution is 6.05. The number of aliphatic imine (C=N–C) groups is 2. The van der Waals surface area contributed by atoms with E-state index in [4.69, 9.17) is 5.73 Å². The predicted octanol–water partition coefficient (Wildman–Crippen LogP) is 4.40. The van der Waals surface area contributed by atoms with Crippen molar-refractivity contribution in [3.8, 4) is 0 Å². The number of aromatic amines is 1. The van der Waals surface area contributed by atoms with Gasteiger partial charge < -0.3 is 10.7 Å². The lowest BCUT2D eigenvalue weighted by molar-refractivity contribution is -0.137. The fourth-order valence-corrected chi connectivity index (χ4v) is 4.39. The van der Waals surface area contributed by atoms with Crippen LogP contribution in [0.3, 0.4) is 0 Å². The van der Waals surface area contributed by atoms with Crippen molar-refractivity contribution >= 4 is 11.7 Å². The van der Waals surface area contributed by atoms with Gasteiger partial charge in [-0.2, -0.15) is 13.2 Å². The molecular weight excluding hydrogens is 424 g/mol. The number of hydrogen-bond donors (Lipinski definition) is 2. The minimum absolute atomic E-state index is 0.0104. The first-order chi connectivity index (χ1) is 15.1. The molecule has 2 aromatic rings. The lowest BCUT2D eigenvalue weighted by atomic mass is 9.91. The topological polar surface area (TPSA) is 83.6 Å². The predicted molar refractivity (Wildman–Crippen MR) is 115 cm³/mol. The number of alkyl halides is 3. The van der Waals surface area contributed by atoms with Crippen molar-refractivity contribution in [3.63, 3.8) is 0 Å². The van der Waals surface area contributed by atoms with Crippen molar-refractivity contribution < 1.29 is 17.6 Å². The van der Waals surface area contributed by atoms with Crippen molar-refractivity contribution in [2.24, 2.45) is 15.7 Å². The Labute approximate surface area is 182 Å². The van der Waals surface area contributed by atoms with E-state index in [1.165, 1.54) is 0 Å². The lowest BCUT2D eigenvalue weighted by Gasteiger charge is -2.21. The molecule has 3 N–H and O–H groups in total. The van der Waals surface area contributed by atoms with E-state index in [0.717, 1.165) is 49.1 Å². The summed E-state index contributed by atoms with van der Waals surface area (Å²) >= 11 is 0. The molecule has 0 amide bonds. The van der Waals surface area contributed by atoms with Gasteiger partial charge in [-0.25, -0.2) is 9.38 Å². The molecular formula is C23H24F4N4O. The van der Waals surface area contributed by atoms with Crippen LogP contribution >= 0.6 is 0 Å². The largest absolute Gasteiger partial charge is 0.416 e. The summed E-state index contributed by atoms with van der Waals surface area (Å²) in [7, 11) is 0. The molecule has 0 saturated carbocycles. The average Bonchev–Trinajstić information content (AvgIpc) is 2.75. The first-order valence-electron chi connectivity index (χ1n) is 10.6. The van der Waals surface area contributed by atoms with Crippen molar-refractivity contribution in [2.45, 2.75) is 57.5 Å². The number of aromatic nitrogens is 1. The number of rotatable bonds is 2. The molecule has 2 heterocycles. The number of fused-ring (bicyclic) bond motifs is 1. The van der Waals surface area contributed by atoms with Crippen LogP contribution in [0.25, 0.3) is 0 Å². The Morgan fingerprint density at radius 3 is 2.62 bits per heavy atom. The minimum atomic E-state index is -4.61. The average molecular weight is 448 g/mol. The van der Waals surface area contributed by atoms with Crippen molar-refractivity contribution in [3.05, 3.63) is 67.9 Å². The van der Waals surface area contributed by atoms with E-state index in [1.807, 2.05) is 0 Å². The molecule has 0 radical (unpaired) electrons. The molecule has 1 aromatic heterocycles. The van der Waals surface area contributed by atoms with Gasteiger partial charge in [0.25, 0.3) is 0 Å². The summed E-state index contributed by atoms with van der Waals surface area (Å²) in [5, 5.41) is 0. The number of nitrogens with zero attached hydrogens (tertiary/aromatic N) is 2. The second-order valence-corrected chi connectivity index (χ2v) is 8.38. The highest BCUT2D eigenvalue weighted by Gasteiger charge is 2.32. The number of nitrogens with one attached hydrogen (secondary N) is 1. The van der Waals surface area contributed by atoms with E-state index >= 15 is 0 Å². The zero-order chi connectivity index (χ0) is 23.0. The second-order valence-electron chi connectivity index (χ2n) is 8.38. The number of nitrogens with two attached hydrogens (primary N) is 1. The van der Waals surface area contributed by atoms with Crippen LogP contribution in [-0.4, -0.2) is 23.2 Å². The normalized spacial score (nSPS) is 19.5. The first kappa shape index (κ1) is 22.2. The Morgan fingerprint density at radius 1 is 1.19 bits per heavy atom. The van der Waals surface area contributed by atoms with Gasteiger partial charge >= 0.3 is 6.18 Å². The third-order valence-electron chi connectivity index (χ3n) is 6.17. The summed E-state index contributed by atoms with van der Waals surface area (Å²) < 4.78 is 52.7. The van der Waals surface area contributed by atoms with Crippen LogP contribution < -0.4 is 11.2 Å². The van der Waals surface area contributed by atoms with E-state index < -0.39 is 17.6 Å². The molecule has 2 aliphatic rings. The van der Waals surface area contributed by atoms with E-state index in [0.29, 0.717) is 36.0 Å². The van der Waals surface area contributed by atoms with E-state index in [9.17, 15) is 22.4 Å². The molecule has 1 aromatic carbocycles. The minimum Gasteiger partial charge on any atom is -0.382 e. The number of benzene rings is 1. The maximum Gasteiger partial charge on any atom is 0.416 e. The molecule has 170 valence electrons. The second kappa shape index (κ2) is 8.52. The smallest absolute Gasteiger partial charge is 0.382 e. The summed E-state index contributed by atoms with van der Waals surface area (Å²) in [5.41, 5.74) is 8.16. The molecule has 0 fully saturated rings. The summed E-state index contributed by atoms with van der Waals surface area (Å²) in [6.07, 6.45) is -0.205. The van der Waals surface area contributed by atoms with E-state index in [1.54, 1.807) is 6.92 Å². The monoisotopic (exact) mass is 448 g/mol. The van der Waals surface area contributed by atoms with Crippen LogP contribution in [0.15, 0.2) is 33.0 Å². The molecule has 5 nitrogen and oxygen atoms in total. The van der Waals surface area contributed by atoms with Crippen LogP contribution in [0.1, 0.15) is 65.2 Å². The Hall–Kier alpha value is -2.97. The van der Waals surface area contributed by atoms with Crippen LogP contribution in [-0.2, 0) is 19.0 Å². The number of pyridine rings is 1. The number of aryl methyl sites for hydroxylation is 1. The summed E-state index contributed by atoms with van der Waals surface area (Å²) in [5.74, 6) is -0.629. The molecule has 1 atom stereocenters. The Balaban J connectivity index is 1.56. The molecule has 0 spiro atoms. The Bertz CT molecular complexity index is 1160. The molecule has 0 saturated heterocycles. The Kier molecular flexibility index (Phi) is 5.92. The highest BCUT2D eigenvalue weighted by atomic mass is 19.4. The van der Waals surface area contributed by atoms with Gasteiger partial charge in [0.15, 0.2) is 5.43 Å². The number of halogens is 4. The first-order valence-corrected chi connectivity index (χ1v) is 10.6. The van der Waals surface area contributed by atoms with Gasteiger partial charge in [-0.05, 0) is 62.8 Å². The van der Waals surface area contributed by atoms with Crippen molar-refractivity contribution in [2.75, 3.05) is 6.54 Å². The van der Waals surface area contributed by atoms with Crippen LogP contribution in [0.4, 0.5) is 17.6 Å². The maximum atomic E-state index is 13.7. The third kappa shape index (κ3) is 4.47. The molecule has 9 heteroatoms. The summed E-state index contributed by atoms with van der Waals surface area (Å²) in [4.78, 5) is 24.7.